The largest absolute Gasteiger partial charge is 0.496 e. The van der Waals surface area contributed by atoms with E-state index in [2.05, 4.69) is 24.2 Å². The highest BCUT2D eigenvalue weighted by Gasteiger charge is 2.23. The molecule has 0 radical (unpaired) electrons. The van der Waals surface area contributed by atoms with Crippen molar-refractivity contribution >= 4 is 11.4 Å². The minimum atomic E-state index is -0.398. The van der Waals surface area contributed by atoms with Gasteiger partial charge in [-0.3, -0.25) is 10.1 Å². The van der Waals surface area contributed by atoms with E-state index in [0.717, 1.165) is 25.1 Å². The van der Waals surface area contributed by atoms with Crippen molar-refractivity contribution < 1.29 is 9.66 Å². The molecule has 2 rings (SSSR count). The van der Waals surface area contributed by atoms with Crippen molar-refractivity contribution in [3.05, 3.63) is 28.3 Å². The second-order valence-electron chi connectivity index (χ2n) is 5.37. The summed E-state index contributed by atoms with van der Waals surface area (Å²) < 4.78 is 5.12. The van der Waals surface area contributed by atoms with E-state index in [0.29, 0.717) is 17.8 Å². The summed E-state index contributed by atoms with van der Waals surface area (Å²) in [7, 11) is 3.64. The highest BCUT2D eigenvalue weighted by Crippen LogP contribution is 2.28. The van der Waals surface area contributed by atoms with Gasteiger partial charge >= 0.3 is 0 Å². The zero-order chi connectivity index (χ0) is 14.7. The number of anilines is 1. The molecule has 0 amide bonds. The van der Waals surface area contributed by atoms with Gasteiger partial charge in [-0.25, -0.2) is 0 Å². The van der Waals surface area contributed by atoms with Crippen LogP contribution in [0, 0.1) is 10.1 Å². The molecule has 1 aliphatic rings. The summed E-state index contributed by atoms with van der Waals surface area (Å²) in [5, 5.41) is 14.3. The molecule has 6 heteroatoms. The van der Waals surface area contributed by atoms with Crippen LogP contribution in [0.2, 0.25) is 0 Å². The van der Waals surface area contributed by atoms with Gasteiger partial charge in [-0.1, -0.05) is 0 Å². The number of piperidine rings is 1. The highest BCUT2D eigenvalue weighted by atomic mass is 16.6. The van der Waals surface area contributed by atoms with Crippen molar-refractivity contribution in [3.8, 4) is 5.75 Å². The maximum absolute atomic E-state index is 10.9. The average Bonchev–Trinajstić information content (AvgIpc) is 2.42. The highest BCUT2D eigenvalue weighted by molar-refractivity contribution is 5.56. The van der Waals surface area contributed by atoms with E-state index in [-0.39, 0.29) is 5.69 Å². The lowest BCUT2D eigenvalue weighted by molar-refractivity contribution is -0.384. The fraction of sp³-hybridized carbons (Fsp3) is 0.571. The quantitative estimate of drug-likeness (QED) is 0.677. The maximum atomic E-state index is 10.9. The SMILES string of the molecule is COc1cc(NC2CCN(C)C(C)C2)cc([N+](=O)[O-])c1. The van der Waals surface area contributed by atoms with Gasteiger partial charge in [0.25, 0.3) is 5.69 Å². The van der Waals surface area contributed by atoms with Crippen LogP contribution < -0.4 is 10.1 Å². The Hall–Kier alpha value is -1.82. The second kappa shape index (κ2) is 6.09. The molecule has 1 aromatic rings. The van der Waals surface area contributed by atoms with E-state index >= 15 is 0 Å². The predicted molar refractivity (Wildman–Crippen MR) is 78.4 cm³/mol. The molecule has 110 valence electrons. The Bertz CT molecular complexity index is 493. The Morgan fingerprint density at radius 1 is 1.45 bits per heavy atom. The number of ether oxygens (including phenoxy) is 1. The molecule has 0 spiro atoms. The Kier molecular flexibility index (Phi) is 4.44. The van der Waals surface area contributed by atoms with Crippen LogP contribution >= 0.6 is 0 Å². The van der Waals surface area contributed by atoms with E-state index in [1.54, 1.807) is 12.1 Å². The first-order valence-electron chi connectivity index (χ1n) is 6.80. The molecular weight excluding hydrogens is 258 g/mol. The fourth-order valence-electron chi connectivity index (χ4n) is 2.55. The van der Waals surface area contributed by atoms with Gasteiger partial charge in [-0.05, 0) is 26.8 Å². The molecular formula is C14H21N3O3. The molecule has 0 aromatic heterocycles. The van der Waals surface area contributed by atoms with Gasteiger partial charge in [0.15, 0.2) is 0 Å². The summed E-state index contributed by atoms with van der Waals surface area (Å²) >= 11 is 0. The van der Waals surface area contributed by atoms with Gasteiger partial charge in [0.1, 0.15) is 5.75 Å². The van der Waals surface area contributed by atoms with E-state index in [1.807, 2.05) is 0 Å². The summed E-state index contributed by atoms with van der Waals surface area (Å²) in [6, 6.07) is 5.65. The third kappa shape index (κ3) is 3.39. The number of nitrogens with zero attached hydrogens (tertiary/aromatic N) is 2. The summed E-state index contributed by atoms with van der Waals surface area (Å²) in [6.45, 7) is 3.23. The molecule has 1 aliphatic heterocycles. The van der Waals surface area contributed by atoms with Crippen LogP contribution in [-0.4, -0.2) is 42.6 Å². The molecule has 1 N–H and O–H groups in total. The van der Waals surface area contributed by atoms with Gasteiger partial charge in [-0.2, -0.15) is 0 Å². The molecule has 1 fully saturated rings. The number of likely N-dealkylation sites (tertiary alicyclic amines) is 1. The zero-order valence-electron chi connectivity index (χ0n) is 12.1. The van der Waals surface area contributed by atoms with Crippen LogP contribution in [-0.2, 0) is 0 Å². The van der Waals surface area contributed by atoms with Gasteiger partial charge in [0.05, 0.1) is 18.1 Å². The number of rotatable bonds is 4. The minimum Gasteiger partial charge on any atom is -0.496 e. The molecule has 1 aromatic carbocycles. The predicted octanol–water partition coefficient (Wildman–Crippen LogP) is 2.50. The first kappa shape index (κ1) is 14.6. The number of nitrogens with one attached hydrogen (secondary N) is 1. The van der Waals surface area contributed by atoms with E-state index in [9.17, 15) is 10.1 Å². The Labute approximate surface area is 118 Å². The summed E-state index contributed by atoms with van der Waals surface area (Å²) in [5.41, 5.74) is 0.797. The smallest absolute Gasteiger partial charge is 0.275 e. The fourth-order valence-corrected chi connectivity index (χ4v) is 2.55. The Morgan fingerprint density at radius 3 is 2.80 bits per heavy atom. The molecule has 6 nitrogen and oxygen atoms in total. The number of hydrogen-bond acceptors (Lipinski definition) is 5. The monoisotopic (exact) mass is 279 g/mol. The van der Waals surface area contributed by atoms with Gasteiger partial charge in [-0.15, -0.1) is 0 Å². The first-order valence-corrected chi connectivity index (χ1v) is 6.80. The standard InChI is InChI=1S/C14H21N3O3/c1-10-6-11(4-5-16(10)2)15-12-7-13(17(18)19)9-14(8-12)20-3/h7-11,15H,4-6H2,1-3H3. The number of methoxy groups -OCH3 is 1. The van der Waals surface area contributed by atoms with Crippen LogP contribution in [0.4, 0.5) is 11.4 Å². The molecule has 0 saturated carbocycles. The van der Waals surface area contributed by atoms with Crippen molar-refractivity contribution in [2.45, 2.75) is 31.8 Å². The van der Waals surface area contributed by atoms with Crippen molar-refractivity contribution in [2.24, 2.45) is 0 Å². The minimum absolute atomic E-state index is 0.0489. The van der Waals surface area contributed by atoms with E-state index in [1.165, 1.54) is 13.2 Å². The van der Waals surface area contributed by atoms with Crippen molar-refractivity contribution in [1.82, 2.24) is 4.90 Å². The third-order valence-electron chi connectivity index (χ3n) is 3.92. The van der Waals surface area contributed by atoms with Crippen LogP contribution in [0.5, 0.6) is 5.75 Å². The van der Waals surface area contributed by atoms with Crippen LogP contribution in [0.3, 0.4) is 0 Å². The number of non-ortho nitro benzene ring substituents is 1. The zero-order valence-corrected chi connectivity index (χ0v) is 12.1. The van der Waals surface area contributed by atoms with Crippen LogP contribution in [0.15, 0.2) is 18.2 Å². The molecule has 2 unspecified atom stereocenters. The summed E-state index contributed by atoms with van der Waals surface area (Å²) in [6.07, 6.45) is 2.06. The third-order valence-corrected chi connectivity index (χ3v) is 3.92. The van der Waals surface area contributed by atoms with Crippen molar-refractivity contribution in [1.29, 1.82) is 0 Å². The molecule has 20 heavy (non-hydrogen) atoms. The number of benzene rings is 1. The summed E-state index contributed by atoms with van der Waals surface area (Å²) in [5.74, 6) is 0.502. The lowest BCUT2D eigenvalue weighted by Crippen LogP contribution is -2.42. The van der Waals surface area contributed by atoms with E-state index < -0.39 is 4.92 Å². The number of hydrogen-bond donors (Lipinski definition) is 1. The van der Waals surface area contributed by atoms with Gasteiger partial charge in [0.2, 0.25) is 0 Å². The average molecular weight is 279 g/mol. The normalized spacial score (nSPS) is 23.4. The van der Waals surface area contributed by atoms with Crippen molar-refractivity contribution in [2.75, 3.05) is 26.0 Å². The second-order valence-corrected chi connectivity index (χ2v) is 5.37. The lowest BCUT2D eigenvalue weighted by atomic mass is 9.98. The molecule has 0 aliphatic carbocycles. The Balaban J connectivity index is 2.12. The number of nitro groups is 1. The van der Waals surface area contributed by atoms with E-state index in [4.69, 9.17) is 4.74 Å². The molecule has 2 atom stereocenters. The van der Waals surface area contributed by atoms with Crippen molar-refractivity contribution in [3.63, 3.8) is 0 Å². The first-order chi connectivity index (χ1) is 9.49. The van der Waals surface area contributed by atoms with Gasteiger partial charge < -0.3 is 15.0 Å². The number of nitro benzene ring substituents is 1. The molecule has 1 heterocycles. The molecule has 0 bridgehead atoms. The topological polar surface area (TPSA) is 67.6 Å². The van der Waals surface area contributed by atoms with Gasteiger partial charge in [0, 0.05) is 36.4 Å². The van der Waals surface area contributed by atoms with Crippen LogP contribution in [0.1, 0.15) is 19.8 Å². The lowest BCUT2D eigenvalue weighted by Gasteiger charge is -2.35. The maximum Gasteiger partial charge on any atom is 0.275 e. The summed E-state index contributed by atoms with van der Waals surface area (Å²) in [4.78, 5) is 12.9. The molecule has 1 saturated heterocycles. The van der Waals surface area contributed by atoms with Crippen LogP contribution in [0.25, 0.3) is 0 Å². The Morgan fingerprint density at radius 2 is 2.20 bits per heavy atom.